The van der Waals surface area contributed by atoms with E-state index >= 15 is 0 Å². The molecule has 3 aromatic heterocycles. The predicted molar refractivity (Wildman–Crippen MR) is 323 cm³/mol. The molecule has 0 unspecified atom stereocenters. The number of aromatic amines is 3. The van der Waals surface area contributed by atoms with E-state index in [1.807, 2.05) is 42.5 Å². The fraction of sp³-hybridized carbons (Fsp3) is 0.169. The van der Waals surface area contributed by atoms with Gasteiger partial charge in [-0.15, -0.1) is 0 Å². The summed E-state index contributed by atoms with van der Waals surface area (Å²) in [6.07, 6.45) is -0.111. The van der Waals surface area contributed by atoms with Crippen LogP contribution >= 0.6 is 0 Å². The van der Waals surface area contributed by atoms with E-state index in [1.54, 1.807) is 78.6 Å². The Labute approximate surface area is 510 Å². The van der Waals surface area contributed by atoms with Crippen molar-refractivity contribution in [2.75, 3.05) is 34.2 Å². The Hall–Kier alpha value is -10.8. The van der Waals surface area contributed by atoms with Crippen LogP contribution < -0.4 is 44.0 Å². The second kappa shape index (κ2) is 35.6. The second-order valence-corrected chi connectivity index (χ2v) is 19.7. The molecule has 30 heteroatoms. The minimum absolute atomic E-state index is 0. The number of hydrogen-bond acceptors (Lipinski definition) is 18. The molecule has 0 saturated carbocycles. The number of hydrogen-bond donors (Lipinski definition) is 7. The number of nitrogens with one attached hydrogen (secondary N) is 4. The van der Waals surface area contributed by atoms with Crippen molar-refractivity contribution in [3.63, 3.8) is 0 Å². The highest BCUT2D eigenvalue weighted by Gasteiger charge is 2.25. The highest BCUT2D eigenvalue weighted by molar-refractivity contribution is 7.90. The summed E-state index contributed by atoms with van der Waals surface area (Å²) >= 11 is 0. The third kappa shape index (κ3) is 21.6. The van der Waals surface area contributed by atoms with Crippen molar-refractivity contribution >= 4 is 43.5 Å². The number of para-hydroxylation sites is 6. The Morgan fingerprint density at radius 2 is 0.933 bits per heavy atom. The number of nitriles is 1. The predicted octanol–water partition coefficient (Wildman–Crippen LogP) is 10.9. The molecule has 9 rings (SSSR count). The zero-order valence-electron chi connectivity index (χ0n) is 45.5. The van der Waals surface area contributed by atoms with Crippen LogP contribution in [0.25, 0.3) is 33.8 Å². The number of rotatable bonds is 18. The number of nitrogens with zero attached hydrogens (tertiary/aromatic N) is 4. The Kier molecular flexibility index (Phi) is 29.8. The van der Waals surface area contributed by atoms with Gasteiger partial charge in [0.25, 0.3) is 26.0 Å². The number of anilines is 1. The van der Waals surface area contributed by atoms with Gasteiger partial charge in [-0.2, -0.15) is 46.5 Å². The molecule has 0 saturated heterocycles. The maximum atomic E-state index is 12.5. The van der Waals surface area contributed by atoms with Crippen LogP contribution in [0.5, 0.6) is 34.5 Å². The van der Waals surface area contributed by atoms with E-state index in [4.69, 9.17) is 40.2 Å². The van der Waals surface area contributed by atoms with Gasteiger partial charge in [-0.3, -0.25) is 24.9 Å². The molecule has 1 amide bonds. The van der Waals surface area contributed by atoms with E-state index in [2.05, 4.69) is 40.1 Å². The number of carboxylic acids is 1. The van der Waals surface area contributed by atoms with Gasteiger partial charge in [-0.1, -0.05) is 95.1 Å². The van der Waals surface area contributed by atoms with Crippen molar-refractivity contribution in [2.45, 2.75) is 52.0 Å². The zero-order valence-corrected chi connectivity index (χ0v) is 47.1. The number of ketones is 1. The van der Waals surface area contributed by atoms with E-state index < -0.39 is 50.9 Å². The molecular formula is C59H64F4N10O14S2. The summed E-state index contributed by atoms with van der Waals surface area (Å²) in [5, 5.41) is 40.6. The molecule has 0 radical (unpaired) electrons. The van der Waals surface area contributed by atoms with Gasteiger partial charge in [0, 0.05) is 34.9 Å². The van der Waals surface area contributed by atoms with Crippen LogP contribution in [0.4, 0.5) is 23.4 Å². The van der Waals surface area contributed by atoms with E-state index in [0.717, 1.165) is 29.1 Å². The molecule has 474 valence electrons. The number of Topliss-reactive ketones (excluding diaryl/α,β-unsaturated/α-hetero) is 1. The van der Waals surface area contributed by atoms with Gasteiger partial charge in [0.2, 0.25) is 0 Å². The number of aromatic nitrogens is 6. The van der Waals surface area contributed by atoms with E-state index in [0.29, 0.717) is 45.5 Å². The number of methoxy groups -OCH3 is 4. The lowest BCUT2D eigenvalue weighted by Gasteiger charge is -2.10. The van der Waals surface area contributed by atoms with Crippen LogP contribution in [0, 0.1) is 11.3 Å². The lowest BCUT2D eigenvalue weighted by Crippen LogP contribution is -2.31. The summed E-state index contributed by atoms with van der Waals surface area (Å²) in [5.41, 5.74) is 9.14. The van der Waals surface area contributed by atoms with Crippen LogP contribution in [0.15, 0.2) is 174 Å². The largest absolute Gasteiger partial charge is 0.496 e. The second-order valence-electron chi connectivity index (χ2n) is 16.5. The quantitative estimate of drug-likeness (QED) is 0.0310. The number of H-pyrrole nitrogens is 3. The van der Waals surface area contributed by atoms with Crippen LogP contribution in [0.2, 0.25) is 0 Å². The van der Waals surface area contributed by atoms with Crippen LogP contribution in [0.3, 0.4) is 0 Å². The molecule has 24 nitrogen and oxygen atoms in total. The number of carbonyl (C=O) groups is 3. The van der Waals surface area contributed by atoms with E-state index in [9.17, 15) is 48.8 Å². The van der Waals surface area contributed by atoms with Crippen molar-refractivity contribution in [1.82, 2.24) is 35.3 Å². The van der Waals surface area contributed by atoms with Gasteiger partial charge in [-0.05, 0) is 72.8 Å². The molecule has 0 aliphatic heterocycles. The first-order valence-corrected chi connectivity index (χ1v) is 27.3. The number of ether oxygens (including phenoxy) is 6. The number of nitrogen functional groups attached to an aromatic ring is 1. The molecule has 9 aromatic rings. The number of amides is 1. The lowest BCUT2D eigenvalue weighted by atomic mass is 10.1. The SMILES string of the molecule is C.C.C.COc1ccccc1-c1cc(N)n[nH]1.COc1ccccc1-c1cc(S(=O)(=O)NC(=O)c2ccccc2OC(F)F)[nH]n1.COc1ccccc1-c1cc(S(N)(=O)=O)[nH]n1.COc1ccccc1C(=O)CC#N.O=C(O)c1ccccc1OC(F)F. The van der Waals surface area contributed by atoms with Gasteiger partial charge in [0.15, 0.2) is 15.8 Å². The molecule has 0 fully saturated rings. The van der Waals surface area contributed by atoms with Gasteiger partial charge in [0.1, 0.15) is 45.9 Å². The Morgan fingerprint density at radius 3 is 1.35 bits per heavy atom. The smallest absolute Gasteiger partial charge is 0.387 e. The van der Waals surface area contributed by atoms with Gasteiger partial charge in [-0.25, -0.2) is 23.1 Å². The summed E-state index contributed by atoms with van der Waals surface area (Å²) < 4.78 is 126. The van der Waals surface area contributed by atoms with Gasteiger partial charge < -0.3 is 39.3 Å². The standard InChI is InChI=1S/C18H15F2N3O5S.C10H11N3O3S.C10H11N3O.C10H9NO2.C8H6F2O3.3CH4/c1-27-14-8-4-2-6-11(14)13-10-16(22-21-13)29(25,26)23-17(24)12-7-3-5-9-15(12)28-18(19)20;1-16-9-5-3-2-4-7(9)8-6-10(13-12-8)17(11,14)15;1-14-9-5-3-2-4-7(9)8-6-10(11)13-12-8;1-13-10-5-3-2-4-8(10)9(12)6-7-11;9-8(10)13-6-4-2-1-3-5(6)7(11)12;;;/h2-10,18H,1H3,(H,21,22)(H,23,24);2-6H,1H3,(H,12,13)(H2,11,14,15);2-6H,1H3,(H3,11,12,13);2-5H,6H2,1H3;1-4,8H,(H,11,12);3*1H4. The number of alkyl halides is 4. The van der Waals surface area contributed by atoms with Crippen molar-refractivity contribution in [3.8, 4) is 74.3 Å². The number of sulfonamides is 2. The van der Waals surface area contributed by atoms with E-state index in [1.165, 1.54) is 69.9 Å². The molecule has 89 heavy (non-hydrogen) atoms. The van der Waals surface area contributed by atoms with Crippen molar-refractivity contribution in [2.24, 2.45) is 5.14 Å². The Bertz CT molecular complexity index is 4010. The topological polar surface area (TPSA) is 369 Å². The third-order valence-corrected chi connectivity index (χ3v) is 13.1. The van der Waals surface area contributed by atoms with Crippen molar-refractivity contribution in [1.29, 1.82) is 5.26 Å². The van der Waals surface area contributed by atoms with E-state index in [-0.39, 0.29) is 67.1 Å². The third-order valence-electron chi connectivity index (χ3n) is 11.0. The Balaban J connectivity index is 0.000000393. The van der Waals surface area contributed by atoms with Crippen LogP contribution in [-0.4, -0.2) is 112 Å². The summed E-state index contributed by atoms with van der Waals surface area (Å²) in [6.45, 7) is -6.18. The lowest BCUT2D eigenvalue weighted by molar-refractivity contribution is -0.0510. The molecule has 9 N–H and O–H groups in total. The number of nitrogens with two attached hydrogens (primary N) is 2. The average molecular weight is 1280 g/mol. The number of aromatic carboxylic acids is 1. The average Bonchev–Trinajstić information content (AvgIpc) is 4.20. The van der Waals surface area contributed by atoms with Crippen molar-refractivity contribution in [3.05, 3.63) is 180 Å². The normalized spacial score (nSPS) is 10.2. The summed E-state index contributed by atoms with van der Waals surface area (Å²) in [4.78, 5) is 34.1. The highest BCUT2D eigenvalue weighted by atomic mass is 32.2. The molecular weight excluding hydrogens is 1210 g/mol. The Morgan fingerprint density at radius 1 is 0.551 bits per heavy atom. The molecule has 0 spiro atoms. The van der Waals surface area contributed by atoms with Crippen molar-refractivity contribution < 1.29 is 82.3 Å². The fourth-order valence-corrected chi connectivity index (χ4v) is 8.54. The van der Waals surface area contributed by atoms with Gasteiger partial charge in [0.05, 0.1) is 69.1 Å². The first-order chi connectivity index (χ1) is 41.0. The van der Waals surface area contributed by atoms with Crippen LogP contribution in [0.1, 0.15) is 59.8 Å². The first kappa shape index (κ1) is 74.3. The molecule has 3 heterocycles. The summed E-state index contributed by atoms with van der Waals surface area (Å²) in [6, 6.07) is 45.0. The number of primary sulfonamides is 1. The highest BCUT2D eigenvalue weighted by Crippen LogP contribution is 2.32. The summed E-state index contributed by atoms with van der Waals surface area (Å²) in [7, 11) is -2.00. The minimum Gasteiger partial charge on any atom is -0.496 e. The first-order valence-electron chi connectivity index (χ1n) is 24.3. The fourth-order valence-electron chi connectivity index (χ4n) is 7.19. The summed E-state index contributed by atoms with van der Waals surface area (Å²) in [5.74, 6) is -0.528. The minimum atomic E-state index is -4.36. The molecule has 0 aliphatic carbocycles. The van der Waals surface area contributed by atoms with Crippen LogP contribution in [-0.2, 0) is 20.0 Å². The molecule has 0 bridgehead atoms. The number of benzene rings is 6. The number of carboxylic acid groups (broad SMARTS) is 1. The number of carbonyl (C=O) groups excluding carboxylic acids is 2. The molecule has 6 aromatic carbocycles. The monoisotopic (exact) mass is 1280 g/mol. The zero-order chi connectivity index (χ0) is 63.0. The van der Waals surface area contributed by atoms with Gasteiger partial charge >= 0.3 is 19.2 Å². The molecule has 0 atom stereocenters. The maximum Gasteiger partial charge on any atom is 0.387 e. The number of halogens is 4. The maximum absolute atomic E-state index is 12.5. The molecule has 0 aliphatic rings.